The van der Waals surface area contributed by atoms with E-state index >= 15 is 4.39 Å². The summed E-state index contributed by atoms with van der Waals surface area (Å²) in [4.78, 5) is 18.0. The van der Waals surface area contributed by atoms with E-state index in [-0.39, 0.29) is 58.0 Å². The number of phenolic OH excluding ortho intramolecular Hbond substituents is 1. The number of terminal acetylenes is 1. The Bertz CT molecular complexity index is 1890. The summed E-state index contributed by atoms with van der Waals surface area (Å²) < 4.78 is 58.5. The van der Waals surface area contributed by atoms with Crippen molar-refractivity contribution in [3.05, 3.63) is 41.5 Å². The first kappa shape index (κ1) is 27.3. The Hall–Kier alpha value is -4.30. The predicted octanol–water partition coefficient (Wildman–Crippen LogP) is 5.37. The fourth-order valence-corrected chi connectivity index (χ4v) is 7.47. The molecule has 2 aromatic carbocycles. The molecule has 1 aliphatic carbocycles. The van der Waals surface area contributed by atoms with Gasteiger partial charge in [0.2, 0.25) is 5.88 Å². The molecule has 4 aliphatic rings. The fourth-order valence-electron chi connectivity index (χ4n) is 7.47. The van der Waals surface area contributed by atoms with Crippen molar-refractivity contribution < 1.29 is 27.8 Å². The Morgan fingerprint density at radius 1 is 1.18 bits per heavy atom. The second kappa shape index (κ2) is 9.86. The molecule has 2 saturated heterocycles. The molecule has 44 heavy (non-hydrogen) atoms. The third kappa shape index (κ3) is 4.14. The number of hydrogen-bond acceptors (Lipinski definition) is 8. The third-order valence-corrected chi connectivity index (χ3v) is 9.78. The Labute approximate surface area is 251 Å². The summed E-state index contributed by atoms with van der Waals surface area (Å²) in [5.41, 5.74) is -0.698. The van der Waals surface area contributed by atoms with Gasteiger partial charge in [-0.3, -0.25) is 4.90 Å². The third-order valence-electron chi connectivity index (χ3n) is 9.78. The van der Waals surface area contributed by atoms with Crippen molar-refractivity contribution in [1.82, 2.24) is 19.9 Å². The number of nitrogens with zero attached hydrogens (tertiary/aromatic N) is 5. The summed E-state index contributed by atoms with van der Waals surface area (Å²) in [6.07, 6.45) is 8.97. The topological polar surface area (TPSA) is 83.8 Å². The van der Waals surface area contributed by atoms with E-state index in [2.05, 4.69) is 20.8 Å². The minimum Gasteiger partial charge on any atom is -0.508 e. The molecule has 3 aliphatic heterocycles. The van der Waals surface area contributed by atoms with E-state index in [0.29, 0.717) is 42.1 Å². The van der Waals surface area contributed by atoms with Crippen molar-refractivity contribution in [2.75, 3.05) is 38.3 Å². The monoisotopic (exact) mass is 601 g/mol. The van der Waals surface area contributed by atoms with Crippen LogP contribution in [-0.2, 0) is 0 Å². The zero-order valence-corrected chi connectivity index (χ0v) is 24.1. The number of halogens is 3. The van der Waals surface area contributed by atoms with Crippen LogP contribution < -0.4 is 14.4 Å². The number of pyridine rings is 1. The number of ether oxygens (including phenoxy) is 2. The summed E-state index contributed by atoms with van der Waals surface area (Å²) in [7, 11) is 1.89. The largest absolute Gasteiger partial charge is 0.508 e. The lowest BCUT2D eigenvalue weighted by molar-refractivity contribution is 0.107. The highest BCUT2D eigenvalue weighted by molar-refractivity contribution is 6.04. The zero-order valence-electron chi connectivity index (χ0n) is 24.1. The smallest absolute Gasteiger partial charge is 0.319 e. The van der Waals surface area contributed by atoms with E-state index < -0.39 is 23.3 Å². The lowest BCUT2D eigenvalue weighted by atomic mass is 9.95. The van der Waals surface area contributed by atoms with Gasteiger partial charge in [-0.05, 0) is 61.7 Å². The SMILES string of the molecule is C#Cc1c(F)ccc2cc(O)cc(-c3nc4c5c(nc(OC[C@@]67CCCN6C[C@H](F)C7)nc5c3F)N(C)C(C3CC3)CO4)c12. The fraction of sp³-hybridized carbons (Fsp3) is 0.424. The van der Waals surface area contributed by atoms with Crippen LogP contribution >= 0.6 is 0 Å². The number of anilines is 1. The van der Waals surface area contributed by atoms with Gasteiger partial charge in [0, 0.05) is 31.0 Å². The van der Waals surface area contributed by atoms with Gasteiger partial charge in [0.05, 0.1) is 17.1 Å². The molecular formula is C33H30F3N5O3. The molecular weight excluding hydrogens is 571 g/mol. The zero-order chi connectivity index (χ0) is 30.3. The number of likely N-dealkylation sites (N-methyl/N-ethyl adjacent to an activating group) is 1. The molecule has 8 nitrogen and oxygen atoms in total. The maximum atomic E-state index is 16.8. The maximum Gasteiger partial charge on any atom is 0.319 e. The summed E-state index contributed by atoms with van der Waals surface area (Å²) >= 11 is 0. The number of benzene rings is 2. The second-order valence-electron chi connectivity index (χ2n) is 12.5. The molecule has 8 rings (SSSR count). The van der Waals surface area contributed by atoms with Crippen LogP contribution in [0.3, 0.4) is 0 Å². The number of rotatable bonds is 5. The molecule has 2 aromatic heterocycles. The van der Waals surface area contributed by atoms with Gasteiger partial charge < -0.3 is 19.5 Å². The van der Waals surface area contributed by atoms with Crippen LogP contribution in [0.1, 0.15) is 37.7 Å². The van der Waals surface area contributed by atoms with E-state index in [0.717, 1.165) is 32.2 Å². The summed E-state index contributed by atoms with van der Waals surface area (Å²) in [5.74, 6) is 1.67. The average molecular weight is 602 g/mol. The van der Waals surface area contributed by atoms with Crippen LogP contribution in [0.25, 0.3) is 32.9 Å². The standard InChI is InChI=1S/C33H30F3N5O3/c1-3-21-23(35)8-7-18-11-20(42)12-22(25(18)21)28-27(36)29-26-30(40(2)24(17-5-6-17)15-43-31(26)37-28)39-32(38-29)44-16-33-9-4-10-41(33)14-19(34)13-33/h1,7-8,11-12,17,19,24,42H,4-6,9-10,13-16H2,2H3/t19-,24?,33+/m1/s1. The van der Waals surface area contributed by atoms with Gasteiger partial charge in [0.25, 0.3) is 0 Å². The highest BCUT2D eigenvalue weighted by Gasteiger charge is 2.49. The second-order valence-corrected chi connectivity index (χ2v) is 12.5. The van der Waals surface area contributed by atoms with Crippen LogP contribution in [-0.4, -0.2) is 76.1 Å². The van der Waals surface area contributed by atoms with Crippen LogP contribution in [0.15, 0.2) is 24.3 Å². The molecule has 3 fully saturated rings. The number of alkyl halides is 1. The van der Waals surface area contributed by atoms with Gasteiger partial charge in [0.1, 0.15) is 53.4 Å². The van der Waals surface area contributed by atoms with Crippen LogP contribution in [0.2, 0.25) is 0 Å². The molecule has 0 spiro atoms. The van der Waals surface area contributed by atoms with Crippen molar-refractivity contribution >= 4 is 27.5 Å². The van der Waals surface area contributed by atoms with Crippen molar-refractivity contribution in [3.8, 4) is 41.2 Å². The minimum absolute atomic E-state index is 0.0301. The Morgan fingerprint density at radius 2 is 2.02 bits per heavy atom. The van der Waals surface area contributed by atoms with Gasteiger partial charge in [-0.2, -0.15) is 9.97 Å². The van der Waals surface area contributed by atoms with Crippen LogP contribution in [0.5, 0.6) is 17.6 Å². The number of hydrogen-bond donors (Lipinski definition) is 1. The molecule has 1 N–H and O–H groups in total. The molecule has 5 heterocycles. The van der Waals surface area contributed by atoms with Gasteiger partial charge in [-0.1, -0.05) is 12.0 Å². The predicted molar refractivity (Wildman–Crippen MR) is 159 cm³/mol. The Balaban J connectivity index is 1.32. The lowest BCUT2D eigenvalue weighted by Gasteiger charge is -2.31. The van der Waals surface area contributed by atoms with E-state index in [9.17, 15) is 13.9 Å². The van der Waals surface area contributed by atoms with Crippen molar-refractivity contribution in [2.45, 2.75) is 49.9 Å². The van der Waals surface area contributed by atoms with Gasteiger partial charge in [0.15, 0.2) is 5.82 Å². The maximum absolute atomic E-state index is 16.8. The highest BCUT2D eigenvalue weighted by Crippen LogP contribution is 2.46. The molecule has 0 amide bonds. The van der Waals surface area contributed by atoms with Crippen molar-refractivity contribution in [2.24, 2.45) is 5.92 Å². The molecule has 226 valence electrons. The molecule has 1 saturated carbocycles. The number of fused-ring (bicyclic) bond motifs is 2. The molecule has 0 bridgehead atoms. The Kier molecular flexibility index (Phi) is 6.11. The quantitative estimate of drug-likeness (QED) is 0.306. The van der Waals surface area contributed by atoms with Crippen molar-refractivity contribution in [3.63, 3.8) is 0 Å². The lowest BCUT2D eigenvalue weighted by Crippen LogP contribution is -2.43. The van der Waals surface area contributed by atoms with E-state index in [1.807, 2.05) is 11.9 Å². The van der Waals surface area contributed by atoms with Crippen LogP contribution in [0.4, 0.5) is 19.0 Å². The van der Waals surface area contributed by atoms with Gasteiger partial charge >= 0.3 is 6.01 Å². The summed E-state index contributed by atoms with van der Waals surface area (Å²) in [6.45, 7) is 1.66. The summed E-state index contributed by atoms with van der Waals surface area (Å²) in [5, 5.41) is 11.5. The first-order valence-electron chi connectivity index (χ1n) is 15.0. The average Bonchev–Trinajstić information content (AvgIpc) is 3.72. The van der Waals surface area contributed by atoms with Crippen LogP contribution in [0, 0.1) is 29.9 Å². The molecule has 1 unspecified atom stereocenters. The molecule has 11 heteroatoms. The van der Waals surface area contributed by atoms with Gasteiger partial charge in [-0.15, -0.1) is 6.42 Å². The number of aromatic hydroxyl groups is 1. The normalized spacial score (nSPS) is 24.8. The molecule has 0 radical (unpaired) electrons. The molecule has 3 atom stereocenters. The summed E-state index contributed by atoms with van der Waals surface area (Å²) in [6, 6.07) is 5.36. The van der Waals surface area contributed by atoms with E-state index in [1.54, 1.807) is 0 Å². The minimum atomic E-state index is -0.924. The first-order chi connectivity index (χ1) is 21.3. The Morgan fingerprint density at radius 3 is 2.82 bits per heavy atom. The van der Waals surface area contributed by atoms with E-state index in [1.165, 1.54) is 24.3 Å². The van der Waals surface area contributed by atoms with E-state index in [4.69, 9.17) is 20.9 Å². The van der Waals surface area contributed by atoms with Crippen molar-refractivity contribution in [1.29, 1.82) is 0 Å². The molecule has 4 aromatic rings. The van der Waals surface area contributed by atoms with Gasteiger partial charge in [-0.25, -0.2) is 18.2 Å². The highest BCUT2D eigenvalue weighted by atomic mass is 19.1. The number of aromatic nitrogens is 3. The number of phenols is 1. The first-order valence-corrected chi connectivity index (χ1v) is 15.0.